The van der Waals surface area contributed by atoms with Crippen LogP contribution in [-0.2, 0) is 10.0 Å². The molecular formula is C13H12N2O2S. The summed E-state index contributed by atoms with van der Waals surface area (Å²) >= 11 is 0. The third kappa shape index (κ3) is 2.50. The fourth-order valence-corrected chi connectivity index (χ4v) is 2.84. The number of nitrogens with one attached hydrogen (secondary N) is 1. The third-order valence-electron chi connectivity index (χ3n) is 2.45. The number of aromatic nitrogens is 1. The number of nitrogens with zero attached hydrogens (tertiary/aromatic N) is 1. The van der Waals surface area contributed by atoms with Gasteiger partial charge >= 0.3 is 0 Å². The summed E-state index contributed by atoms with van der Waals surface area (Å²) in [5, 5.41) is 0.789. The van der Waals surface area contributed by atoms with Crippen LogP contribution >= 0.6 is 0 Å². The molecule has 0 unspecified atom stereocenters. The van der Waals surface area contributed by atoms with Gasteiger partial charge in [-0.05, 0) is 12.1 Å². The van der Waals surface area contributed by atoms with E-state index in [-0.39, 0.29) is 11.4 Å². The van der Waals surface area contributed by atoms with Crippen LogP contribution in [0.1, 0.15) is 6.42 Å². The Morgan fingerprint density at radius 1 is 1.28 bits per heavy atom. The third-order valence-corrected chi connectivity index (χ3v) is 3.94. The van der Waals surface area contributed by atoms with Crippen molar-refractivity contribution in [2.24, 2.45) is 0 Å². The van der Waals surface area contributed by atoms with Crippen molar-refractivity contribution in [3.63, 3.8) is 0 Å². The summed E-state index contributed by atoms with van der Waals surface area (Å²) in [5.41, 5.74) is 0.466. The molecule has 0 saturated carbocycles. The zero-order chi connectivity index (χ0) is 13.0. The molecule has 5 heteroatoms. The van der Waals surface area contributed by atoms with Crippen LogP contribution in [0.3, 0.4) is 0 Å². The first-order valence-electron chi connectivity index (χ1n) is 5.42. The zero-order valence-electron chi connectivity index (χ0n) is 9.63. The molecular weight excluding hydrogens is 248 g/mol. The van der Waals surface area contributed by atoms with Crippen LogP contribution in [0.15, 0.2) is 41.4 Å². The van der Waals surface area contributed by atoms with Gasteiger partial charge in [-0.1, -0.05) is 18.2 Å². The first-order valence-corrected chi connectivity index (χ1v) is 6.90. The lowest BCUT2D eigenvalue weighted by atomic mass is 10.2. The van der Waals surface area contributed by atoms with Gasteiger partial charge in [-0.25, -0.2) is 13.1 Å². The molecule has 0 fully saturated rings. The van der Waals surface area contributed by atoms with Gasteiger partial charge in [-0.15, -0.1) is 12.3 Å². The molecule has 0 radical (unpaired) electrons. The van der Waals surface area contributed by atoms with E-state index < -0.39 is 10.0 Å². The maximum atomic E-state index is 12.1. The number of pyridine rings is 1. The molecule has 18 heavy (non-hydrogen) atoms. The van der Waals surface area contributed by atoms with Crippen LogP contribution < -0.4 is 4.72 Å². The molecule has 0 aliphatic heterocycles. The number of benzene rings is 1. The van der Waals surface area contributed by atoms with Gasteiger partial charge < -0.3 is 0 Å². The van der Waals surface area contributed by atoms with E-state index in [9.17, 15) is 8.42 Å². The van der Waals surface area contributed by atoms with Crippen molar-refractivity contribution in [3.8, 4) is 12.3 Å². The Morgan fingerprint density at radius 3 is 2.83 bits per heavy atom. The minimum absolute atomic E-state index is 0.178. The van der Waals surface area contributed by atoms with Gasteiger partial charge in [0, 0.05) is 24.5 Å². The van der Waals surface area contributed by atoms with Gasteiger partial charge in [0.15, 0.2) is 0 Å². The van der Waals surface area contributed by atoms with E-state index in [0.717, 1.165) is 5.39 Å². The largest absolute Gasteiger partial charge is 0.255 e. The molecule has 0 aliphatic carbocycles. The lowest BCUT2D eigenvalue weighted by Crippen LogP contribution is -2.24. The Bertz CT molecular complexity index is 697. The molecule has 0 atom stereocenters. The second-order valence-corrected chi connectivity index (χ2v) is 5.42. The SMILES string of the molecule is C#CCCNS(=O)(=O)c1cccc2cccnc12. The second-order valence-electron chi connectivity index (χ2n) is 3.68. The smallest absolute Gasteiger partial charge is 0.242 e. The molecule has 4 nitrogen and oxygen atoms in total. The highest BCUT2D eigenvalue weighted by Crippen LogP contribution is 2.20. The summed E-state index contributed by atoms with van der Waals surface area (Å²) in [5.74, 6) is 2.39. The lowest BCUT2D eigenvalue weighted by molar-refractivity contribution is 0.583. The number of para-hydroxylation sites is 1. The van der Waals surface area contributed by atoms with Gasteiger partial charge in [-0.3, -0.25) is 4.98 Å². The summed E-state index contributed by atoms with van der Waals surface area (Å²) in [6.45, 7) is 0.224. The fourth-order valence-electron chi connectivity index (χ4n) is 1.63. The van der Waals surface area contributed by atoms with Gasteiger partial charge in [0.05, 0.1) is 5.52 Å². The molecule has 1 aromatic heterocycles. The molecule has 92 valence electrons. The number of fused-ring (bicyclic) bond motifs is 1. The summed E-state index contributed by atoms with van der Waals surface area (Å²) in [6, 6.07) is 8.64. The average molecular weight is 260 g/mol. The van der Waals surface area contributed by atoms with Gasteiger partial charge in [-0.2, -0.15) is 0 Å². The monoisotopic (exact) mass is 260 g/mol. The molecule has 0 amide bonds. The fraction of sp³-hybridized carbons (Fsp3) is 0.154. The molecule has 2 rings (SSSR count). The van der Waals surface area contributed by atoms with E-state index in [1.54, 1.807) is 18.3 Å². The van der Waals surface area contributed by atoms with E-state index in [0.29, 0.717) is 11.9 Å². The van der Waals surface area contributed by atoms with Crippen LogP contribution in [0.5, 0.6) is 0 Å². The molecule has 2 aromatic rings. The Labute approximate surface area is 106 Å². The van der Waals surface area contributed by atoms with Crippen LogP contribution in [0, 0.1) is 12.3 Å². The van der Waals surface area contributed by atoms with Gasteiger partial charge in [0.25, 0.3) is 0 Å². The van der Waals surface area contributed by atoms with E-state index in [1.807, 2.05) is 12.1 Å². The van der Waals surface area contributed by atoms with E-state index in [2.05, 4.69) is 15.6 Å². The number of terminal acetylenes is 1. The molecule has 0 bridgehead atoms. The van der Waals surface area contributed by atoms with Crippen molar-refractivity contribution in [1.29, 1.82) is 0 Å². The molecule has 0 aliphatic rings. The van der Waals surface area contributed by atoms with Crippen molar-refractivity contribution < 1.29 is 8.42 Å². The molecule has 0 saturated heterocycles. The number of hydrogen-bond donors (Lipinski definition) is 1. The molecule has 0 spiro atoms. The van der Waals surface area contributed by atoms with Crippen LogP contribution in [-0.4, -0.2) is 19.9 Å². The van der Waals surface area contributed by atoms with E-state index >= 15 is 0 Å². The highest BCUT2D eigenvalue weighted by atomic mass is 32.2. The second kappa shape index (κ2) is 5.17. The number of hydrogen-bond acceptors (Lipinski definition) is 3. The predicted octanol–water partition coefficient (Wildman–Crippen LogP) is 1.54. The summed E-state index contributed by atoms with van der Waals surface area (Å²) in [4.78, 5) is 4.29. The standard InChI is InChI=1S/C13H12N2O2S/c1-2-3-10-15-18(16,17)12-8-4-6-11-7-5-9-14-13(11)12/h1,4-9,15H,3,10H2. The van der Waals surface area contributed by atoms with E-state index in [1.165, 1.54) is 6.07 Å². The van der Waals surface area contributed by atoms with Gasteiger partial charge in [0.2, 0.25) is 10.0 Å². The Morgan fingerprint density at radius 2 is 2.06 bits per heavy atom. The van der Waals surface area contributed by atoms with Crippen molar-refractivity contribution in [1.82, 2.24) is 9.71 Å². The number of sulfonamides is 1. The van der Waals surface area contributed by atoms with Gasteiger partial charge in [0.1, 0.15) is 4.90 Å². The van der Waals surface area contributed by atoms with Crippen molar-refractivity contribution in [2.45, 2.75) is 11.3 Å². The summed E-state index contributed by atoms with van der Waals surface area (Å²) < 4.78 is 26.7. The molecule has 1 aromatic carbocycles. The number of rotatable bonds is 4. The van der Waals surface area contributed by atoms with Crippen molar-refractivity contribution in [2.75, 3.05) is 6.54 Å². The maximum Gasteiger partial charge on any atom is 0.242 e. The first-order chi connectivity index (χ1) is 8.65. The molecule has 1 heterocycles. The van der Waals surface area contributed by atoms with E-state index in [4.69, 9.17) is 6.42 Å². The predicted molar refractivity (Wildman–Crippen MR) is 70.4 cm³/mol. The topological polar surface area (TPSA) is 59.1 Å². The first kappa shape index (κ1) is 12.6. The van der Waals surface area contributed by atoms with Crippen molar-refractivity contribution in [3.05, 3.63) is 36.5 Å². The zero-order valence-corrected chi connectivity index (χ0v) is 10.4. The highest BCUT2D eigenvalue weighted by molar-refractivity contribution is 7.89. The van der Waals surface area contributed by atoms with Crippen LogP contribution in [0.4, 0.5) is 0 Å². The summed E-state index contributed by atoms with van der Waals surface area (Å²) in [6.07, 6.45) is 7.02. The highest BCUT2D eigenvalue weighted by Gasteiger charge is 2.16. The average Bonchev–Trinajstić information content (AvgIpc) is 2.38. The lowest BCUT2D eigenvalue weighted by Gasteiger charge is -2.07. The Hall–Kier alpha value is -1.90. The minimum Gasteiger partial charge on any atom is -0.255 e. The van der Waals surface area contributed by atoms with Crippen LogP contribution in [0.25, 0.3) is 10.9 Å². The van der Waals surface area contributed by atoms with Crippen molar-refractivity contribution >= 4 is 20.9 Å². The minimum atomic E-state index is -3.57. The quantitative estimate of drug-likeness (QED) is 0.670. The normalized spacial score (nSPS) is 11.3. The Kier molecular flexibility index (Phi) is 3.60. The maximum absolute atomic E-state index is 12.1. The van der Waals surface area contributed by atoms with Crippen LogP contribution in [0.2, 0.25) is 0 Å². The molecule has 1 N–H and O–H groups in total. The summed E-state index contributed by atoms with van der Waals surface area (Å²) in [7, 11) is -3.57. The Balaban J connectivity index is 2.45.